The Balaban J connectivity index is 2.84. The number of H-pyrrole nitrogens is 1. The highest BCUT2D eigenvalue weighted by Crippen LogP contribution is 2.06. The van der Waals surface area contributed by atoms with Crippen LogP contribution in [0.5, 0.6) is 0 Å². The molecule has 1 N–H and O–H groups in total. The summed E-state index contributed by atoms with van der Waals surface area (Å²) in [6.07, 6.45) is 1.57. The third-order valence-corrected chi connectivity index (χ3v) is 2.49. The summed E-state index contributed by atoms with van der Waals surface area (Å²) in [5.41, 5.74) is 0.283. The third kappa shape index (κ3) is 0.914. The summed E-state index contributed by atoms with van der Waals surface area (Å²) in [5.74, 6) is 0. The van der Waals surface area contributed by atoms with Crippen molar-refractivity contribution < 1.29 is 0 Å². The normalized spacial score (nSPS) is 11.3. The lowest BCUT2D eigenvalue weighted by atomic mass is 10.4. The molecule has 16 heavy (non-hydrogen) atoms. The number of aromatic nitrogens is 5. The van der Waals surface area contributed by atoms with Crippen molar-refractivity contribution in [3.8, 4) is 0 Å². The van der Waals surface area contributed by atoms with Crippen LogP contribution in [0.25, 0.3) is 16.8 Å². The molecule has 0 atom stereocenters. The second kappa shape index (κ2) is 2.78. The van der Waals surface area contributed by atoms with Gasteiger partial charge >= 0.3 is 5.69 Å². The zero-order valence-corrected chi connectivity index (χ0v) is 8.34. The zero-order valence-electron chi connectivity index (χ0n) is 8.34. The van der Waals surface area contributed by atoms with Gasteiger partial charge in [-0.2, -0.15) is 0 Å². The average molecular weight is 217 g/mol. The van der Waals surface area contributed by atoms with E-state index < -0.39 is 5.69 Å². The van der Waals surface area contributed by atoms with Gasteiger partial charge in [-0.15, -0.1) is 5.10 Å². The summed E-state index contributed by atoms with van der Waals surface area (Å²) in [6, 6.07) is 3.41. The Morgan fingerprint density at radius 2 is 2.12 bits per heavy atom. The van der Waals surface area contributed by atoms with E-state index in [4.69, 9.17) is 0 Å². The van der Waals surface area contributed by atoms with Gasteiger partial charge in [0.2, 0.25) is 5.65 Å². The second-order valence-corrected chi connectivity index (χ2v) is 3.40. The van der Waals surface area contributed by atoms with Crippen molar-refractivity contribution in [3.05, 3.63) is 39.2 Å². The molecule has 3 rings (SSSR count). The third-order valence-electron chi connectivity index (χ3n) is 2.49. The summed E-state index contributed by atoms with van der Waals surface area (Å²) in [6.45, 7) is 0. The van der Waals surface area contributed by atoms with E-state index in [0.29, 0.717) is 11.2 Å². The Kier molecular flexibility index (Phi) is 1.54. The van der Waals surface area contributed by atoms with Crippen LogP contribution in [0.1, 0.15) is 0 Å². The quantitative estimate of drug-likeness (QED) is 0.538. The number of nitrogens with zero attached hydrogens (tertiary/aromatic N) is 4. The van der Waals surface area contributed by atoms with Gasteiger partial charge in [0.1, 0.15) is 0 Å². The molecule has 7 nitrogen and oxygen atoms in total. The van der Waals surface area contributed by atoms with Crippen LogP contribution in [0.4, 0.5) is 0 Å². The van der Waals surface area contributed by atoms with Crippen LogP contribution < -0.4 is 11.2 Å². The van der Waals surface area contributed by atoms with Crippen LogP contribution in [-0.4, -0.2) is 24.1 Å². The van der Waals surface area contributed by atoms with Crippen molar-refractivity contribution in [2.24, 2.45) is 7.05 Å². The van der Waals surface area contributed by atoms with Crippen LogP contribution in [0, 0.1) is 0 Å². The standard InChI is InChI=1S/C9H7N5O2/c1-13-6-5(3-2-4-10-6)14-7(8(13)15)11-12-9(14)16/h2-4H,1H3,(H,12,16). The van der Waals surface area contributed by atoms with E-state index in [1.165, 1.54) is 8.97 Å². The number of fused-ring (bicyclic) bond motifs is 3. The summed E-state index contributed by atoms with van der Waals surface area (Å²) in [7, 11) is 1.59. The molecule has 0 amide bonds. The number of aryl methyl sites for hydroxylation is 1. The Bertz CT molecular complexity index is 810. The SMILES string of the molecule is Cn1c(=O)c2n[nH]c(=O)n2c2cccnc21. The summed E-state index contributed by atoms with van der Waals surface area (Å²) < 4.78 is 2.59. The summed E-state index contributed by atoms with van der Waals surface area (Å²) in [5, 5.41) is 5.95. The van der Waals surface area contributed by atoms with Crippen molar-refractivity contribution in [2.45, 2.75) is 0 Å². The number of aromatic amines is 1. The maximum absolute atomic E-state index is 11.8. The lowest BCUT2D eigenvalue weighted by Gasteiger charge is -2.03. The first-order valence-electron chi connectivity index (χ1n) is 4.61. The van der Waals surface area contributed by atoms with Crippen LogP contribution in [-0.2, 0) is 7.05 Å². The molecule has 0 aliphatic carbocycles. The molecule has 0 aromatic carbocycles. The van der Waals surface area contributed by atoms with Gasteiger partial charge in [-0.1, -0.05) is 0 Å². The Morgan fingerprint density at radius 3 is 2.94 bits per heavy atom. The molecule has 3 heterocycles. The highest BCUT2D eigenvalue weighted by atomic mass is 16.2. The van der Waals surface area contributed by atoms with Gasteiger partial charge < -0.3 is 0 Å². The molecule has 3 aromatic rings. The van der Waals surface area contributed by atoms with Gasteiger partial charge in [0.25, 0.3) is 5.56 Å². The molecule has 0 bridgehead atoms. The highest BCUT2D eigenvalue weighted by Gasteiger charge is 2.12. The van der Waals surface area contributed by atoms with Crippen LogP contribution in [0.15, 0.2) is 27.9 Å². The molecule has 80 valence electrons. The van der Waals surface area contributed by atoms with Gasteiger partial charge in [-0.05, 0) is 12.1 Å². The van der Waals surface area contributed by atoms with Gasteiger partial charge in [0.15, 0.2) is 5.65 Å². The number of rotatable bonds is 0. The zero-order chi connectivity index (χ0) is 11.3. The largest absolute Gasteiger partial charge is 0.348 e. The van der Waals surface area contributed by atoms with Crippen molar-refractivity contribution in [1.29, 1.82) is 0 Å². The Hall–Kier alpha value is -2.44. The van der Waals surface area contributed by atoms with Gasteiger partial charge in [0.05, 0.1) is 5.52 Å². The van der Waals surface area contributed by atoms with Gasteiger partial charge in [-0.25, -0.2) is 19.3 Å². The molecule has 0 spiro atoms. The maximum atomic E-state index is 11.8. The Labute approximate surface area is 88.0 Å². The van der Waals surface area contributed by atoms with E-state index in [9.17, 15) is 9.59 Å². The van der Waals surface area contributed by atoms with E-state index in [1.54, 1.807) is 25.4 Å². The first-order valence-corrected chi connectivity index (χ1v) is 4.61. The number of hydrogen-bond donors (Lipinski definition) is 1. The number of hydrogen-bond acceptors (Lipinski definition) is 4. The average Bonchev–Trinajstić information content (AvgIpc) is 2.69. The molecule has 0 saturated heterocycles. The van der Waals surface area contributed by atoms with E-state index in [0.717, 1.165) is 0 Å². The number of pyridine rings is 1. The lowest BCUT2D eigenvalue weighted by molar-refractivity contribution is 0.874. The minimum atomic E-state index is -0.439. The van der Waals surface area contributed by atoms with E-state index in [-0.39, 0.29) is 11.2 Å². The fraction of sp³-hybridized carbons (Fsp3) is 0.111. The molecule has 0 saturated carbocycles. The first-order chi connectivity index (χ1) is 7.70. The van der Waals surface area contributed by atoms with Crippen molar-refractivity contribution in [1.82, 2.24) is 24.1 Å². The fourth-order valence-corrected chi connectivity index (χ4v) is 1.73. The van der Waals surface area contributed by atoms with Crippen LogP contribution >= 0.6 is 0 Å². The topological polar surface area (TPSA) is 85.0 Å². The monoisotopic (exact) mass is 217 g/mol. The molecule has 7 heteroatoms. The van der Waals surface area contributed by atoms with Crippen LogP contribution in [0.2, 0.25) is 0 Å². The Morgan fingerprint density at radius 1 is 1.31 bits per heavy atom. The number of nitrogens with one attached hydrogen (secondary N) is 1. The van der Waals surface area contributed by atoms with Crippen molar-refractivity contribution in [3.63, 3.8) is 0 Å². The van der Waals surface area contributed by atoms with Gasteiger partial charge in [-0.3, -0.25) is 9.36 Å². The van der Waals surface area contributed by atoms with E-state index >= 15 is 0 Å². The molecule has 0 fully saturated rings. The molecule has 0 aliphatic rings. The summed E-state index contributed by atoms with van der Waals surface area (Å²) in [4.78, 5) is 27.4. The lowest BCUT2D eigenvalue weighted by Crippen LogP contribution is -2.23. The smallest absolute Gasteiger partial charge is 0.291 e. The minimum absolute atomic E-state index is 0.0769. The fourth-order valence-electron chi connectivity index (χ4n) is 1.73. The van der Waals surface area contributed by atoms with E-state index in [2.05, 4.69) is 15.2 Å². The highest BCUT2D eigenvalue weighted by molar-refractivity contribution is 5.73. The maximum Gasteiger partial charge on any atom is 0.348 e. The minimum Gasteiger partial charge on any atom is -0.291 e. The molecular formula is C9H7N5O2. The molecule has 3 aromatic heterocycles. The van der Waals surface area contributed by atoms with Crippen molar-refractivity contribution in [2.75, 3.05) is 0 Å². The van der Waals surface area contributed by atoms with Gasteiger partial charge in [0, 0.05) is 13.2 Å². The van der Waals surface area contributed by atoms with E-state index in [1.807, 2.05) is 0 Å². The molecule has 0 aliphatic heterocycles. The predicted octanol–water partition coefficient (Wildman–Crippen LogP) is -0.731. The van der Waals surface area contributed by atoms with Crippen molar-refractivity contribution >= 4 is 16.8 Å². The second-order valence-electron chi connectivity index (χ2n) is 3.40. The van der Waals surface area contributed by atoms with Crippen LogP contribution in [0.3, 0.4) is 0 Å². The molecule has 0 unspecified atom stereocenters. The summed E-state index contributed by atoms with van der Waals surface area (Å²) >= 11 is 0. The molecular weight excluding hydrogens is 210 g/mol. The molecule has 0 radical (unpaired) electrons. The predicted molar refractivity (Wildman–Crippen MR) is 56.4 cm³/mol. The first kappa shape index (κ1) is 8.84.